The first-order valence-corrected chi connectivity index (χ1v) is 10.6. The minimum Gasteiger partial charge on any atom is -0.508 e. The molecule has 3 rings (SSSR count). The maximum atomic E-state index is 10.6. The van der Waals surface area contributed by atoms with E-state index in [9.17, 15) is 15.0 Å². The van der Waals surface area contributed by atoms with Crippen molar-refractivity contribution in [2.75, 3.05) is 0 Å². The number of hydrogen-bond acceptors (Lipinski definition) is 4. The Morgan fingerprint density at radius 2 is 1.52 bits per heavy atom. The van der Waals surface area contributed by atoms with E-state index in [4.69, 9.17) is 4.74 Å². The lowest BCUT2D eigenvalue weighted by molar-refractivity contribution is -0.135. The standard InChI is InChI=1S/C23H34O4/c1-22(11-12-22)9-5-2-3-7-18-15-20(25)16-19(21(18)26)8-4-6-10-23(13-14-23)27-17-24/h15-17,25-26H,2-14H2,1H3. The van der Waals surface area contributed by atoms with E-state index >= 15 is 0 Å². The molecule has 2 saturated carbocycles. The van der Waals surface area contributed by atoms with Crippen LogP contribution >= 0.6 is 0 Å². The minimum atomic E-state index is -0.203. The van der Waals surface area contributed by atoms with Crippen molar-refractivity contribution in [3.05, 3.63) is 23.3 Å². The molecule has 150 valence electrons. The molecule has 0 aromatic heterocycles. The SMILES string of the molecule is CC1(CCCCCc2cc(O)cc(CCCCC3(OC=O)CC3)c2O)CC1. The number of carbonyl (C=O) groups excluding carboxylic acids is 1. The van der Waals surface area contributed by atoms with Gasteiger partial charge in [-0.05, 0) is 99.3 Å². The maximum Gasteiger partial charge on any atom is 0.293 e. The van der Waals surface area contributed by atoms with Crippen molar-refractivity contribution in [2.45, 2.75) is 96.0 Å². The molecule has 27 heavy (non-hydrogen) atoms. The summed E-state index contributed by atoms with van der Waals surface area (Å²) in [5.41, 5.74) is 2.11. The summed E-state index contributed by atoms with van der Waals surface area (Å²) in [7, 11) is 0. The summed E-state index contributed by atoms with van der Waals surface area (Å²) >= 11 is 0. The lowest BCUT2D eigenvalue weighted by Crippen LogP contribution is -2.12. The molecular formula is C23H34O4. The summed E-state index contributed by atoms with van der Waals surface area (Å²) in [5, 5.41) is 20.6. The second kappa shape index (κ2) is 8.53. The van der Waals surface area contributed by atoms with Crippen LogP contribution in [-0.2, 0) is 22.4 Å². The van der Waals surface area contributed by atoms with Gasteiger partial charge in [-0.3, -0.25) is 4.79 Å². The number of hydrogen-bond donors (Lipinski definition) is 2. The van der Waals surface area contributed by atoms with Gasteiger partial charge >= 0.3 is 0 Å². The highest BCUT2D eigenvalue weighted by molar-refractivity contribution is 5.46. The number of carbonyl (C=O) groups is 1. The summed E-state index contributed by atoms with van der Waals surface area (Å²) in [6.07, 6.45) is 13.8. The molecule has 0 bridgehead atoms. The highest BCUT2D eigenvalue weighted by Gasteiger charge is 2.44. The molecule has 4 heteroatoms. The smallest absolute Gasteiger partial charge is 0.293 e. The van der Waals surface area contributed by atoms with Crippen molar-refractivity contribution >= 4 is 6.47 Å². The Morgan fingerprint density at radius 1 is 0.926 bits per heavy atom. The normalized spacial score (nSPS) is 18.9. The van der Waals surface area contributed by atoms with E-state index in [0.29, 0.717) is 17.6 Å². The van der Waals surface area contributed by atoms with Crippen LogP contribution in [0.15, 0.2) is 12.1 Å². The number of aryl methyl sites for hydroxylation is 2. The van der Waals surface area contributed by atoms with Crippen LogP contribution in [0.2, 0.25) is 0 Å². The van der Waals surface area contributed by atoms with Gasteiger partial charge in [-0.15, -0.1) is 0 Å². The van der Waals surface area contributed by atoms with Gasteiger partial charge in [-0.1, -0.05) is 19.8 Å². The molecule has 0 aliphatic heterocycles. The molecule has 0 heterocycles. The summed E-state index contributed by atoms with van der Waals surface area (Å²) in [6, 6.07) is 3.39. The third-order valence-electron chi connectivity index (χ3n) is 6.52. The molecule has 1 aromatic rings. The van der Waals surface area contributed by atoms with Crippen LogP contribution < -0.4 is 0 Å². The monoisotopic (exact) mass is 374 g/mol. The molecular weight excluding hydrogens is 340 g/mol. The number of phenolic OH excluding ortho intramolecular Hbond substituents is 2. The first-order valence-electron chi connectivity index (χ1n) is 10.6. The van der Waals surface area contributed by atoms with Gasteiger partial charge < -0.3 is 14.9 Å². The molecule has 0 amide bonds. The van der Waals surface area contributed by atoms with E-state index in [1.54, 1.807) is 12.1 Å². The van der Waals surface area contributed by atoms with Gasteiger partial charge in [0.2, 0.25) is 0 Å². The lowest BCUT2D eigenvalue weighted by Gasteiger charge is -2.14. The predicted octanol–water partition coefficient (Wildman–Crippen LogP) is 5.42. The molecule has 4 nitrogen and oxygen atoms in total. The van der Waals surface area contributed by atoms with E-state index in [-0.39, 0.29) is 11.4 Å². The Labute approximate surface area is 162 Å². The second-order valence-electron chi connectivity index (χ2n) is 9.09. The highest BCUT2D eigenvalue weighted by Crippen LogP contribution is 2.49. The Bertz CT molecular complexity index is 644. The number of ether oxygens (including phenoxy) is 1. The summed E-state index contributed by atoms with van der Waals surface area (Å²) in [4.78, 5) is 10.5. The lowest BCUT2D eigenvalue weighted by atomic mass is 9.96. The second-order valence-corrected chi connectivity index (χ2v) is 9.09. The minimum absolute atomic E-state index is 0.203. The van der Waals surface area contributed by atoms with Gasteiger partial charge in [0, 0.05) is 0 Å². The van der Waals surface area contributed by atoms with Gasteiger partial charge in [0.15, 0.2) is 0 Å². The molecule has 0 radical (unpaired) electrons. The number of rotatable bonds is 13. The van der Waals surface area contributed by atoms with Crippen LogP contribution in [0, 0.1) is 5.41 Å². The first kappa shape index (κ1) is 20.0. The third kappa shape index (κ3) is 5.88. The molecule has 2 fully saturated rings. The van der Waals surface area contributed by atoms with E-state index in [1.807, 2.05) is 0 Å². The average Bonchev–Trinajstić information content (AvgIpc) is 3.55. The van der Waals surface area contributed by atoms with E-state index < -0.39 is 0 Å². The fourth-order valence-electron chi connectivity index (χ4n) is 4.06. The summed E-state index contributed by atoms with van der Waals surface area (Å²) < 4.78 is 5.17. The topological polar surface area (TPSA) is 66.8 Å². The molecule has 0 saturated heterocycles. The van der Waals surface area contributed by atoms with Gasteiger partial charge in [-0.2, -0.15) is 0 Å². The zero-order valence-electron chi connectivity index (χ0n) is 16.6. The Balaban J connectivity index is 1.42. The Kier molecular flexibility index (Phi) is 6.33. The Morgan fingerprint density at radius 3 is 2.07 bits per heavy atom. The molecule has 0 unspecified atom stereocenters. The van der Waals surface area contributed by atoms with E-state index in [2.05, 4.69) is 6.92 Å². The van der Waals surface area contributed by atoms with Crippen LogP contribution in [0.25, 0.3) is 0 Å². The third-order valence-corrected chi connectivity index (χ3v) is 6.52. The van der Waals surface area contributed by atoms with Crippen LogP contribution in [0.1, 0.15) is 88.7 Å². The summed E-state index contributed by atoms with van der Waals surface area (Å²) in [5.74, 6) is 0.596. The van der Waals surface area contributed by atoms with Crippen molar-refractivity contribution in [3.8, 4) is 11.5 Å². The number of aromatic hydroxyl groups is 2. The van der Waals surface area contributed by atoms with E-state index in [0.717, 1.165) is 62.5 Å². The van der Waals surface area contributed by atoms with Crippen molar-refractivity contribution in [1.82, 2.24) is 0 Å². The van der Waals surface area contributed by atoms with Crippen LogP contribution in [0.3, 0.4) is 0 Å². The van der Waals surface area contributed by atoms with Crippen molar-refractivity contribution in [2.24, 2.45) is 5.41 Å². The molecule has 2 aliphatic rings. The van der Waals surface area contributed by atoms with Gasteiger partial charge in [-0.25, -0.2) is 0 Å². The molecule has 2 N–H and O–H groups in total. The van der Waals surface area contributed by atoms with Gasteiger partial charge in [0.05, 0.1) is 0 Å². The van der Waals surface area contributed by atoms with Crippen molar-refractivity contribution < 1.29 is 19.7 Å². The largest absolute Gasteiger partial charge is 0.508 e. The van der Waals surface area contributed by atoms with E-state index in [1.165, 1.54) is 32.1 Å². The van der Waals surface area contributed by atoms with Gasteiger partial charge in [0.1, 0.15) is 17.1 Å². The average molecular weight is 375 g/mol. The zero-order chi connectivity index (χ0) is 19.3. The summed E-state index contributed by atoms with van der Waals surface area (Å²) in [6.45, 7) is 2.93. The quantitative estimate of drug-likeness (QED) is 0.275. The molecule has 2 aliphatic carbocycles. The van der Waals surface area contributed by atoms with Crippen molar-refractivity contribution in [1.29, 1.82) is 0 Å². The van der Waals surface area contributed by atoms with Crippen LogP contribution in [-0.4, -0.2) is 22.3 Å². The highest BCUT2D eigenvalue weighted by atomic mass is 16.5. The maximum absolute atomic E-state index is 10.6. The molecule has 0 atom stereocenters. The first-order chi connectivity index (χ1) is 13.0. The predicted molar refractivity (Wildman–Crippen MR) is 106 cm³/mol. The van der Waals surface area contributed by atoms with Crippen LogP contribution in [0.4, 0.5) is 0 Å². The fourth-order valence-corrected chi connectivity index (χ4v) is 4.06. The number of benzene rings is 1. The fraction of sp³-hybridized carbons (Fsp3) is 0.696. The number of unbranched alkanes of at least 4 members (excludes halogenated alkanes) is 3. The van der Waals surface area contributed by atoms with Crippen LogP contribution in [0.5, 0.6) is 11.5 Å². The molecule has 0 spiro atoms. The van der Waals surface area contributed by atoms with Crippen molar-refractivity contribution in [3.63, 3.8) is 0 Å². The van der Waals surface area contributed by atoms with Gasteiger partial charge in [0.25, 0.3) is 6.47 Å². The number of phenols is 2. The zero-order valence-corrected chi connectivity index (χ0v) is 16.6. The Hall–Kier alpha value is -1.71. The molecule has 1 aromatic carbocycles.